The molecule has 5 rings (SSSR count). The number of methoxy groups -OCH3 is 2. The first kappa shape index (κ1) is 33.0. The van der Waals surface area contributed by atoms with E-state index in [1.165, 1.54) is 49.0 Å². The Hall–Kier alpha value is -5.39. The van der Waals surface area contributed by atoms with Crippen molar-refractivity contribution < 1.29 is 23.9 Å². The Morgan fingerprint density at radius 1 is 0.872 bits per heavy atom. The van der Waals surface area contributed by atoms with Crippen molar-refractivity contribution in [2.75, 3.05) is 30.6 Å². The molecule has 0 radical (unpaired) electrons. The third kappa shape index (κ3) is 8.87. The molecule has 0 saturated heterocycles. The predicted molar refractivity (Wildman–Crippen MR) is 188 cm³/mol. The molecule has 1 aromatic heterocycles. The van der Waals surface area contributed by atoms with Crippen LogP contribution in [0.4, 0.5) is 10.8 Å². The van der Waals surface area contributed by atoms with Gasteiger partial charge in [0.05, 0.1) is 25.7 Å². The van der Waals surface area contributed by atoms with Crippen molar-refractivity contribution in [3.63, 3.8) is 0 Å². The van der Waals surface area contributed by atoms with Crippen LogP contribution in [0.5, 0.6) is 11.5 Å². The van der Waals surface area contributed by atoms with Gasteiger partial charge in [-0.05, 0) is 49.4 Å². The molecule has 1 heterocycles. The van der Waals surface area contributed by atoms with Crippen molar-refractivity contribution in [2.24, 2.45) is 0 Å². The van der Waals surface area contributed by atoms with Gasteiger partial charge in [0.25, 0.3) is 11.8 Å². The summed E-state index contributed by atoms with van der Waals surface area (Å²) in [5, 5.41) is 10.9. The molecule has 3 amide bonds. The van der Waals surface area contributed by atoms with Crippen LogP contribution in [0.1, 0.15) is 21.5 Å². The van der Waals surface area contributed by atoms with Crippen molar-refractivity contribution in [1.29, 1.82) is 0 Å². The lowest BCUT2D eigenvalue weighted by atomic mass is 10.1. The number of para-hydroxylation sites is 1. The lowest BCUT2D eigenvalue weighted by Crippen LogP contribution is -2.30. The molecule has 9 nitrogen and oxygen atoms in total. The van der Waals surface area contributed by atoms with Gasteiger partial charge in [-0.25, -0.2) is 4.98 Å². The number of ether oxygens (including phenoxy) is 2. The van der Waals surface area contributed by atoms with E-state index in [0.29, 0.717) is 33.4 Å². The summed E-state index contributed by atoms with van der Waals surface area (Å²) < 4.78 is 10.9. The van der Waals surface area contributed by atoms with E-state index in [2.05, 4.69) is 20.9 Å². The Morgan fingerprint density at radius 2 is 1.64 bits per heavy atom. The van der Waals surface area contributed by atoms with Crippen LogP contribution in [0, 0.1) is 6.92 Å². The smallest absolute Gasteiger partial charge is 0.272 e. The van der Waals surface area contributed by atoms with Crippen LogP contribution in [0.3, 0.4) is 0 Å². The van der Waals surface area contributed by atoms with E-state index in [1.807, 2.05) is 42.6 Å². The minimum absolute atomic E-state index is 0.00343. The van der Waals surface area contributed by atoms with Gasteiger partial charge >= 0.3 is 0 Å². The molecule has 0 aliphatic heterocycles. The number of hydrogen-bond donors (Lipinski definition) is 3. The summed E-state index contributed by atoms with van der Waals surface area (Å²) in [6.07, 6.45) is 1.53. The molecule has 0 saturated carbocycles. The number of carbonyl (C=O) groups excluding carboxylic acids is 3. The minimum atomic E-state index is -0.549. The standard InChI is InChI=1S/C36H32N4O5S2/c1-23-15-17-24(18-16-23)30-21-47-36(39-30)40-32(41)22-46-28-13-8-12-27(20-28)37-35(43)29(38-34(42)25-9-5-4-6-10-25)19-26-11-7-14-31(44-2)33(26)45-3/h4-21H,22H2,1-3H3,(H,37,43)(H,38,42)(H,39,40,41)/b29-19+. The maximum absolute atomic E-state index is 13.6. The fourth-order valence-corrected chi connectivity index (χ4v) is 5.97. The molecule has 0 unspecified atom stereocenters. The van der Waals surface area contributed by atoms with E-state index in [4.69, 9.17) is 9.47 Å². The highest BCUT2D eigenvalue weighted by Gasteiger charge is 2.18. The first-order chi connectivity index (χ1) is 22.8. The Balaban J connectivity index is 1.27. The number of hydrogen-bond acceptors (Lipinski definition) is 8. The van der Waals surface area contributed by atoms with E-state index in [9.17, 15) is 14.4 Å². The van der Waals surface area contributed by atoms with Crippen molar-refractivity contribution in [2.45, 2.75) is 11.8 Å². The SMILES string of the molecule is COc1cccc(/C=C(/NC(=O)c2ccccc2)C(=O)Nc2cccc(SCC(=O)Nc3nc(-c4ccc(C)cc4)cs3)c2)c1OC. The Labute approximate surface area is 281 Å². The number of aromatic nitrogens is 1. The van der Waals surface area contributed by atoms with Crippen LogP contribution in [0.2, 0.25) is 0 Å². The highest BCUT2D eigenvalue weighted by atomic mass is 32.2. The summed E-state index contributed by atoms with van der Waals surface area (Å²) in [6, 6.07) is 29.0. The number of carbonyl (C=O) groups is 3. The molecule has 0 atom stereocenters. The van der Waals surface area contributed by atoms with Gasteiger partial charge in [-0.1, -0.05) is 66.2 Å². The average molecular weight is 665 g/mol. The number of benzene rings is 4. The summed E-state index contributed by atoms with van der Waals surface area (Å²) in [7, 11) is 3.02. The molecule has 5 aromatic rings. The number of nitrogens with zero attached hydrogens (tertiary/aromatic N) is 1. The number of thiazole rings is 1. The van der Waals surface area contributed by atoms with Crippen LogP contribution in [0.15, 0.2) is 113 Å². The van der Waals surface area contributed by atoms with Gasteiger partial charge < -0.3 is 25.4 Å². The Kier molecular flexibility index (Phi) is 11.1. The van der Waals surface area contributed by atoms with Crippen LogP contribution < -0.4 is 25.4 Å². The third-order valence-electron chi connectivity index (χ3n) is 6.82. The molecule has 11 heteroatoms. The van der Waals surface area contributed by atoms with Crippen molar-refractivity contribution >= 4 is 57.7 Å². The lowest BCUT2D eigenvalue weighted by molar-refractivity contribution is -0.114. The van der Waals surface area contributed by atoms with Gasteiger partial charge in [-0.3, -0.25) is 14.4 Å². The molecule has 0 spiro atoms. The number of anilines is 2. The summed E-state index contributed by atoms with van der Waals surface area (Å²) in [4.78, 5) is 44.7. The predicted octanol–water partition coefficient (Wildman–Crippen LogP) is 7.28. The van der Waals surface area contributed by atoms with E-state index in [-0.39, 0.29) is 17.4 Å². The zero-order valence-electron chi connectivity index (χ0n) is 25.9. The van der Waals surface area contributed by atoms with Crippen LogP contribution in [0.25, 0.3) is 17.3 Å². The van der Waals surface area contributed by atoms with Crippen molar-refractivity contribution in [3.8, 4) is 22.8 Å². The molecule has 0 fully saturated rings. The Morgan fingerprint density at radius 3 is 2.38 bits per heavy atom. The van der Waals surface area contributed by atoms with E-state index in [1.54, 1.807) is 66.7 Å². The monoisotopic (exact) mass is 664 g/mol. The third-order valence-corrected chi connectivity index (χ3v) is 8.57. The number of thioether (sulfide) groups is 1. The highest BCUT2D eigenvalue weighted by Crippen LogP contribution is 2.32. The molecule has 3 N–H and O–H groups in total. The number of aryl methyl sites for hydroxylation is 1. The van der Waals surface area contributed by atoms with Gasteiger partial charge in [-0.2, -0.15) is 0 Å². The van der Waals surface area contributed by atoms with Crippen molar-refractivity contribution in [1.82, 2.24) is 10.3 Å². The first-order valence-corrected chi connectivity index (χ1v) is 16.3. The summed E-state index contributed by atoms with van der Waals surface area (Å²) in [6.45, 7) is 2.03. The highest BCUT2D eigenvalue weighted by molar-refractivity contribution is 8.00. The normalized spacial score (nSPS) is 11.0. The van der Waals surface area contributed by atoms with Crippen LogP contribution in [-0.2, 0) is 9.59 Å². The van der Waals surface area contributed by atoms with Crippen LogP contribution in [-0.4, -0.2) is 42.7 Å². The molecule has 0 bridgehead atoms. The topological polar surface area (TPSA) is 119 Å². The fraction of sp³-hybridized carbons (Fsp3) is 0.111. The summed E-state index contributed by atoms with van der Waals surface area (Å²) in [5.41, 5.74) is 4.37. The largest absolute Gasteiger partial charge is 0.493 e. The zero-order chi connectivity index (χ0) is 33.2. The Bertz CT molecular complexity index is 1910. The molecule has 4 aromatic carbocycles. The van der Waals surface area contributed by atoms with Crippen LogP contribution >= 0.6 is 23.1 Å². The minimum Gasteiger partial charge on any atom is -0.493 e. The molecule has 0 aliphatic rings. The second-order valence-corrected chi connectivity index (χ2v) is 12.1. The molecule has 0 aliphatic carbocycles. The van der Waals surface area contributed by atoms with Gasteiger partial charge in [0.1, 0.15) is 5.70 Å². The van der Waals surface area contributed by atoms with Crippen molar-refractivity contribution in [3.05, 3.63) is 125 Å². The molecular weight excluding hydrogens is 633 g/mol. The number of rotatable bonds is 12. The van der Waals surface area contributed by atoms with Gasteiger partial charge in [-0.15, -0.1) is 23.1 Å². The van der Waals surface area contributed by atoms with Gasteiger partial charge in [0, 0.05) is 32.7 Å². The van der Waals surface area contributed by atoms with E-state index >= 15 is 0 Å². The number of amides is 3. The average Bonchev–Trinajstić information content (AvgIpc) is 3.56. The number of nitrogens with one attached hydrogen (secondary N) is 3. The fourth-order valence-electron chi connectivity index (χ4n) is 4.48. The molecular formula is C36H32N4O5S2. The molecule has 238 valence electrons. The van der Waals surface area contributed by atoms with E-state index < -0.39 is 11.8 Å². The summed E-state index contributed by atoms with van der Waals surface area (Å²) >= 11 is 2.69. The second kappa shape index (κ2) is 15.7. The molecule has 47 heavy (non-hydrogen) atoms. The zero-order valence-corrected chi connectivity index (χ0v) is 27.5. The van der Waals surface area contributed by atoms with Gasteiger partial charge in [0.2, 0.25) is 5.91 Å². The lowest BCUT2D eigenvalue weighted by Gasteiger charge is -2.14. The van der Waals surface area contributed by atoms with E-state index in [0.717, 1.165) is 16.2 Å². The second-order valence-electron chi connectivity index (χ2n) is 10.2. The summed E-state index contributed by atoms with van der Waals surface area (Å²) in [5.74, 6) is -0.163. The first-order valence-electron chi connectivity index (χ1n) is 14.5. The van der Waals surface area contributed by atoms with Gasteiger partial charge in [0.15, 0.2) is 16.6 Å². The quantitative estimate of drug-likeness (QED) is 0.0948. The maximum atomic E-state index is 13.6. The maximum Gasteiger partial charge on any atom is 0.272 e.